The molecule has 0 aromatic heterocycles. The zero-order valence-corrected chi connectivity index (χ0v) is 7.09. The van der Waals surface area contributed by atoms with Crippen molar-refractivity contribution in [2.24, 2.45) is 5.73 Å². The molecule has 4 heteroatoms. The number of rotatable bonds is 5. The third kappa shape index (κ3) is 4.75. The van der Waals surface area contributed by atoms with Gasteiger partial charge in [-0.1, -0.05) is 0 Å². The lowest BCUT2D eigenvalue weighted by Crippen LogP contribution is -2.32. The molecule has 0 bridgehead atoms. The Balaban J connectivity index is 3.36. The average Bonchev–Trinajstić information content (AvgIpc) is 2.03. The van der Waals surface area contributed by atoms with Crippen molar-refractivity contribution in [2.75, 3.05) is 20.7 Å². The van der Waals surface area contributed by atoms with Gasteiger partial charge in [-0.3, -0.25) is 4.79 Å². The molecular formula is C7H16N2O2. The van der Waals surface area contributed by atoms with E-state index in [1.165, 1.54) is 7.11 Å². The lowest BCUT2D eigenvalue weighted by molar-refractivity contribution is -0.142. The quantitative estimate of drug-likeness (QED) is 0.420. The Kier molecular flexibility index (Phi) is 5.78. The Labute approximate surface area is 67.1 Å². The molecule has 0 fully saturated rings. The van der Waals surface area contributed by atoms with Crippen LogP contribution in [0.4, 0.5) is 0 Å². The number of nitrogens with one attached hydrogen (secondary N) is 1. The van der Waals surface area contributed by atoms with E-state index in [4.69, 9.17) is 5.73 Å². The molecule has 0 aliphatic carbocycles. The van der Waals surface area contributed by atoms with Gasteiger partial charge in [-0.2, -0.15) is 0 Å². The highest BCUT2D eigenvalue weighted by atomic mass is 16.5. The molecule has 11 heavy (non-hydrogen) atoms. The van der Waals surface area contributed by atoms with Gasteiger partial charge >= 0.3 is 5.97 Å². The molecule has 0 heterocycles. The van der Waals surface area contributed by atoms with Gasteiger partial charge in [0.05, 0.1) is 7.11 Å². The first-order chi connectivity index (χ1) is 5.22. The van der Waals surface area contributed by atoms with Crippen LogP contribution in [-0.2, 0) is 9.53 Å². The second kappa shape index (κ2) is 6.12. The molecule has 0 amide bonds. The fourth-order valence-corrected chi connectivity index (χ4v) is 0.768. The molecule has 0 aliphatic heterocycles. The Morgan fingerprint density at radius 1 is 1.73 bits per heavy atom. The van der Waals surface area contributed by atoms with Crippen LogP contribution < -0.4 is 11.1 Å². The van der Waals surface area contributed by atoms with Crippen molar-refractivity contribution in [3.8, 4) is 0 Å². The lowest BCUT2D eigenvalue weighted by atomic mass is 10.2. The number of ether oxygens (including phenoxy) is 1. The van der Waals surface area contributed by atoms with Crippen molar-refractivity contribution in [3.63, 3.8) is 0 Å². The summed E-state index contributed by atoms with van der Waals surface area (Å²) in [6, 6.07) is -0.464. The van der Waals surface area contributed by atoms with E-state index in [9.17, 15) is 4.79 Å². The van der Waals surface area contributed by atoms with Crippen LogP contribution >= 0.6 is 0 Å². The van der Waals surface area contributed by atoms with Crippen molar-refractivity contribution < 1.29 is 9.53 Å². The zero-order chi connectivity index (χ0) is 8.69. The first-order valence-electron chi connectivity index (χ1n) is 3.70. The van der Waals surface area contributed by atoms with Crippen LogP contribution in [-0.4, -0.2) is 32.7 Å². The number of carbonyl (C=O) groups is 1. The van der Waals surface area contributed by atoms with Crippen molar-refractivity contribution >= 4 is 5.97 Å². The lowest BCUT2D eigenvalue weighted by Gasteiger charge is -2.07. The summed E-state index contributed by atoms with van der Waals surface area (Å²) in [5.41, 5.74) is 5.47. The highest BCUT2D eigenvalue weighted by Crippen LogP contribution is 1.94. The van der Waals surface area contributed by atoms with Gasteiger partial charge in [0.1, 0.15) is 6.04 Å². The maximum absolute atomic E-state index is 10.7. The molecule has 0 aliphatic rings. The monoisotopic (exact) mass is 160 g/mol. The Morgan fingerprint density at radius 2 is 2.36 bits per heavy atom. The van der Waals surface area contributed by atoms with Crippen molar-refractivity contribution in [1.82, 2.24) is 5.32 Å². The van der Waals surface area contributed by atoms with Crippen LogP contribution in [0.5, 0.6) is 0 Å². The van der Waals surface area contributed by atoms with Gasteiger partial charge in [-0.05, 0) is 26.4 Å². The molecule has 0 spiro atoms. The average molecular weight is 160 g/mol. The summed E-state index contributed by atoms with van der Waals surface area (Å²) in [6.07, 6.45) is 1.57. The topological polar surface area (TPSA) is 64.3 Å². The molecule has 0 saturated heterocycles. The molecule has 3 N–H and O–H groups in total. The first kappa shape index (κ1) is 10.4. The van der Waals surface area contributed by atoms with E-state index in [-0.39, 0.29) is 5.97 Å². The van der Waals surface area contributed by atoms with E-state index in [1.54, 1.807) is 0 Å². The summed E-state index contributed by atoms with van der Waals surface area (Å²) in [5.74, 6) is -0.332. The number of carbonyl (C=O) groups excluding carboxylic acids is 1. The Morgan fingerprint density at radius 3 is 2.82 bits per heavy atom. The molecule has 1 atom stereocenters. The zero-order valence-electron chi connectivity index (χ0n) is 7.09. The van der Waals surface area contributed by atoms with Gasteiger partial charge in [-0.15, -0.1) is 0 Å². The highest BCUT2D eigenvalue weighted by molar-refractivity contribution is 5.75. The van der Waals surface area contributed by atoms with E-state index in [0.29, 0.717) is 6.42 Å². The molecule has 66 valence electrons. The second-order valence-corrected chi connectivity index (χ2v) is 2.38. The van der Waals surface area contributed by atoms with Gasteiger partial charge in [0.25, 0.3) is 0 Å². The standard InChI is InChI=1S/C7H16N2O2/c1-9-5-3-4-6(8)7(10)11-2/h6,9H,3-5,8H2,1-2H3/t6-/m1/s1. The van der Waals surface area contributed by atoms with Gasteiger partial charge in [-0.25, -0.2) is 0 Å². The van der Waals surface area contributed by atoms with E-state index < -0.39 is 6.04 Å². The minimum atomic E-state index is -0.464. The summed E-state index contributed by atoms with van der Waals surface area (Å²) >= 11 is 0. The maximum atomic E-state index is 10.7. The van der Waals surface area contributed by atoms with Crippen LogP contribution in [0.25, 0.3) is 0 Å². The number of esters is 1. The summed E-state index contributed by atoms with van der Waals surface area (Å²) in [6.45, 7) is 0.880. The van der Waals surface area contributed by atoms with Crippen LogP contribution in [0.3, 0.4) is 0 Å². The van der Waals surface area contributed by atoms with Gasteiger partial charge in [0, 0.05) is 0 Å². The van der Waals surface area contributed by atoms with Crippen molar-refractivity contribution in [1.29, 1.82) is 0 Å². The predicted molar refractivity (Wildman–Crippen MR) is 43.2 cm³/mol. The maximum Gasteiger partial charge on any atom is 0.322 e. The molecule has 0 unspecified atom stereocenters. The van der Waals surface area contributed by atoms with Crippen LogP contribution in [0.1, 0.15) is 12.8 Å². The Hall–Kier alpha value is -0.610. The SMILES string of the molecule is CNCCC[C@@H](N)C(=O)OC. The minimum Gasteiger partial charge on any atom is -0.468 e. The van der Waals surface area contributed by atoms with E-state index >= 15 is 0 Å². The summed E-state index contributed by atoms with van der Waals surface area (Å²) < 4.78 is 4.46. The Bertz CT molecular complexity index is 117. The van der Waals surface area contributed by atoms with E-state index in [2.05, 4.69) is 10.1 Å². The van der Waals surface area contributed by atoms with E-state index in [0.717, 1.165) is 13.0 Å². The normalized spacial score (nSPS) is 12.6. The fourth-order valence-electron chi connectivity index (χ4n) is 0.768. The smallest absolute Gasteiger partial charge is 0.322 e. The van der Waals surface area contributed by atoms with Crippen molar-refractivity contribution in [2.45, 2.75) is 18.9 Å². The van der Waals surface area contributed by atoms with Crippen LogP contribution in [0.2, 0.25) is 0 Å². The highest BCUT2D eigenvalue weighted by Gasteiger charge is 2.11. The molecule has 4 nitrogen and oxygen atoms in total. The second-order valence-electron chi connectivity index (χ2n) is 2.38. The summed E-state index contributed by atoms with van der Waals surface area (Å²) in [4.78, 5) is 10.7. The number of hydrogen-bond donors (Lipinski definition) is 2. The number of methoxy groups -OCH3 is 1. The number of nitrogens with two attached hydrogens (primary N) is 1. The fraction of sp³-hybridized carbons (Fsp3) is 0.857. The largest absolute Gasteiger partial charge is 0.468 e. The summed E-state index contributed by atoms with van der Waals surface area (Å²) in [5, 5.41) is 2.97. The van der Waals surface area contributed by atoms with Gasteiger partial charge < -0.3 is 15.8 Å². The van der Waals surface area contributed by atoms with Gasteiger partial charge in [0.15, 0.2) is 0 Å². The number of hydrogen-bond acceptors (Lipinski definition) is 4. The molecular weight excluding hydrogens is 144 g/mol. The molecule has 0 aromatic rings. The first-order valence-corrected chi connectivity index (χ1v) is 3.70. The van der Waals surface area contributed by atoms with Gasteiger partial charge in [0.2, 0.25) is 0 Å². The van der Waals surface area contributed by atoms with Crippen LogP contribution in [0, 0.1) is 0 Å². The third-order valence-electron chi connectivity index (χ3n) is 1.45. The molecule has 0 rings (SSSR count). The van der Waals surface area contributed by atoms with Crippen molar-refractivity contribution in [3.05, 3.63) is 0 Å². The summed E-state index contributed by atoms with van der Waals surface area (Å²) in [7, 11) is 3.21. The minimum absolute atomic E-state index is 0.332. The predicted octanol–water partition coefficient (Wildman–Crippen LogP) is -0.514. The third-order valence-corrected chi connectivity index (χ3v) is 1.45. The molecule has 0 saturated carbocycles. The van der Waals surface area contributed by atoms with E-state index in [1.807, 2.05) is 7.05 Å². The molecule has 0 aromatic carbocycles. The van der Waals surface area contributed by atoms with Crippen LogP contribution in [0.15, 0.2) is 0 Å². The molecule has 0 radical (unpaired) electrons.